The number of hydrogen-bond donors (Lipinski definition) is 1. The van der Waals surface area contributed by atoms with Gasteiger partial charge in [-0.05, 0) is 51.3 Å². The predicted octanol–water partition coefficient (Wildman–Crippen LogP) is 4.42. The summed E-state index contributed by atoms with van der Waals surface area (Å²) in [6.07, 6.45) is -0.117. The van der Waals surface area contributed by atoms with E-state index in [2.05, 4.69) is 0 Å². The molecule has 1 N–H and O–H groups in total. The highest BCUT2D eigenvalue weighted by molar-refractivity contribution is 6.09. The molecule has 2 aromatic rings. The molecule has 0 aliphatic carbocycles. The second-order valence-corrected chi connectivity index (χ2v) is 9.74. The quantitative estimate of drug-likeness (QED) is 0.438. The third kappa shape index (κ3) is 7.28. The van der Waals surface area contributed by atoms with Gasteiger partial charge >= 0.3 is 5.97 Å². The van der Waals surface area contributed by atoms with Gasteiger partial charge < -0.3 is 9.84 Å². The zero-order valence-corrected chi connectivity index (χ0v) is 20.1. The molecular formula is C27H37NO4. The lowest BCUT2D eigenvalue weighted by molar-refractivity contribution is -0.182. The van der Waals surface area contributed by atoms with E-state index in [9.17, 15) is 16.1 Å². The number of esters is 1. The van der Waals surface area contributed by atoms with Gasteiger partial charge in [0.15, 0.2) is 5.78 Å². The van der Waals surface area contributed by atoms with Crippen LogP contribution in [0.3, 0.4) is 0 Å². The summed E-state index contributed by atoms with van der Waals surface area (Å²) in [4.78, 5) is 28.9. The fourth-order valence-corrected chi connectivity index (χ4v) is 3.50. The minimum absolute atomic E-state index is 0.0238. The molecule has 2 rings (SSSR count). The average molecular weight is 441 g/mol. The zero-order valence-electron chi connectivity index (χ0n) is 21.1. The van der Waals surface area contributed by atoms with Gasteiger partial charge in [-0.1, -0.05) is 74.5 Å². The van der Waals surface area contributed by atoms with Crippen LogP contribution in [-0.2, 0) is 27.3 Å². The Morgan fingerprint density at radius 3 is 1.97 bits per heavy atom. The zero-order chi connectivity index (χ0) is 24.9. The molecule has 0 aliphatic rings. The number of likely N-dealkylation sites (N-methyl/N-ethyl adjacent to an activating group) is 1. The number of nitrogens with zero attached hydrogens (tertiary/aromatic N) is 1. The van der Waals surface area contributed by atoms with Crippen molar-refractivity contribution in [3.05, 3.63) is 71.8 Å². The van der Waals surface area contributed by atoms with Crippen molar-refractivity contribution in [3.63, 3.8) is 0 Å². The van der Waals surface area contributed by atoms with Crippen LogP contribution in [0.5, 0.6) is 0 Å². The summed E-state index contributed by atoms with van der Waals surface area (Å²) in [5.41, 5.74) is -1.87. The number of Topliss-reactive ketones (excluding diaryl/α,β-unsaturated/α-hetero) is 1. The molecule has 2 aromatic carbocycles. The Labute approximate surface area is 193 Å². The van der Waals surface area contributed by atoms with E-state index in [4.69, 9.17) is 4.74 Å². The van der Waals surface area contributed by atoms with E-state index in [0.29, 0.717) is 12.1 Å². The van der Waals surface area contributed by atoms with E-state index in [-0.39, 0.29) is 18.8 Å². The van der Waals surface area contributed by atoms with Crippen LogP contribution in [0.15, 0.2) is 60.7 Å². The number of ether oxygens (including phenoxy) is 1. The highest BCUT2D eigenvalue weighted by Crippen LogP contribution is 2.26. The van der Waals surface area contributed by atoms with Crippen molar-refractivity contribution in [1.82, 2.24) is 4.90 Å². The van der Waals surface area contributed by atoms with Crippen LogP contribution in [0.1, 0.15) is 53.5 Å². The largest absolute Gasteiger partial charge is 0.457 e. The Morgan fingerprint density at radius 2 is 1.50 bits per heavy atom. The molecule has 0 bridgehead atoms. The Kier molecular flexibility index (Phi) is 8.21. The highest BCUT2D eigenvalue weighted by atomic mass is 16.6. The van der Waals surface area contributed by atoms with Crippen LogP contribution >= 0.6 is 0 Å². The first-order valence-corrected chi connectivity index (χ1v) is 11.1. The molecule has 174 valence electrons. The number of benzene rings is 2. The molecule has 32 heavy (non-hydrogen) atoms. The van der Waals surface area contributed by atoms with Gasteiger partial charge in [0.2, 0.25) is 5.60 Å². The van der Waals surface area contributed by atoms with Crippen LogP contribution in [0.25, 0.3) is 0 Å². The summed E-state index contributed by atoms with van der Waals surface area (Å²) in [5.74, 6) is -1.93. The van der Waals surface area contributed by atoms with Gasteiger partial charge in [0.25, 0.3) is 0 Å². The number of carbonyl (C=O) groups is 2. The Morgan fingerprint density at radius 1 is 1.00 bits per heavy atom. The molecule has 0 amide bonds. The summed E-state index contributed by atoms with van der Waals surface area (Å²) in [7, 11) is 1.68. The molecule has 0 aromatic heterocycles. The lowest BCUT2D eigenvalue weighted by Crippen LogP contribution is -2.58. The van der Waals surface area contributed by atoms with Crippen LogP contribution in [-0.4, -0.2) is 46.0 Å². The number of hydrogen-bond acceptors (Lipinski definition) is 5. The van der Waals surface area contributed by atoms with E-state index in [1.165, 1.54) is 0 Å². The van der Waals surface area contributed by atoms with Crippen LogP contribution in [0.4, 0.5) is 0 Å². The fraction of sp³-hybridized carbons (Fsp3) is 0.481. The Hall–Kier alpha value is -2.50. The van der Waals surface area contributed by atoms with Gasteiger partial charge in [0.1, 0.15) is 5.60 Å². The lowest BCUT2D eigenvalue weighted by atomic mass is 9.83. The van der Waals surface area contributed by atoms with Gasteiger partial charge in [-0.25, -0.2) is 4.79 Å². The molecule has 0 fully saturated rings. The monoisotopic (exact) mass is 440 g/mol. The molecule has 1 unspecified atom stereocenters. The van der Waals surface area contributed by atoms with E-state index in [1.807, 2.05) is 50.2 Å². The van der Waals surface area contributed by atoms with Gasteiger partial charge in [-0.15, -0.1) is 0 Å². The first-order chi connectivity index (χ1) is 15.3. The minimum atomic E-state index is -2.50. The summed E-state index contributed by atoms with van der Waals surface area (Å²) >= 11 is 0. The van der Waals surface area contributed by atoms with E-state index < -0.39 is 29.0 Å². The molecule has 0 radical (unpaired) electrons. The second-order valence-electron chi connectivity index (χ2n) is 9.74. The standard InChI is InChI=1S/C27H37NO4/c1-20(2)17-23(28(6)19-22-15-11-8-12-16-22)24(29)27(31,25(30)32-26(3,4)5)18-21-13-9-7-10-14-21/h7-16,20,23,31H,17-19H2,1-6H3/t23-,27?/m0/s1/i23D. The molecular weight excluding hydrogens is 402 g/mol. The topological polar surface area (TPSA) is 66.8 Å². The van der Waals surface area contributed by atoms with Crippen molar-refractivity contribution in [1.29, 1.82) is 0 Å². The highest BCUT2D eigenvalue weighted by Gasteiger charge is 2.50. The number of rotatable bonds is 10. The molecule has 0 spiro atoms. The van der Waals surface area contributed by atoms with Crippen molar-refractivity contribution < 1.29 is 20.8 Å². The summed E-state index contributed by atoms with van der Waals surface area (Å²) in [6, 6.07) is 16.5. The van der Waals surface area contributed by atoms with Gasteiger partial charge in [0, 0.05) is 13.0 Å². The summed E-state index contributed by atoms with van der Waals surface area (Å²) < 4.78 is 14.7. The van der Waals surface area contributed by atoms with Crippen molar-refractivity contribution in [2.75, 3.05) is 7.05 Å². The third-order valence-corrected chi connectivity index (χ3v) is 5.00. The maximum atomic E-state index is 14.0. The first kappa shape index (κ1) is 24.1. The maximum absolute atomic E-state index is 14.0. The van der Waals surface area contributed by atoms with Crippen LogP contribution in [0.2, 0.25) is 0 Å². The molecule has 0 saturated carbocycles. The third-order valence-electron chi connectivity index (χ3n) is 5.00. The minimum Gasteiger partial charge on any atom is -0.457 e. The number of ketones is 1. The average Bonchev–Trinajstić information content (AvgIpc) is 2.72. The van der Waals surface area contributed by atoms with Gasteiger partial charge in [-0.3, -0.25) is 9.69 Å². The van der Waals surface area contributed by atoms with Crippen LogP contribution in [0, 0.1) is 5.92 Å². The van der Waals surface area contributed by atoms with Crippen molar-refractivity contribution in [3.8, 4) is 0 Å². The van der Waals surface area contributed by atoms with Crippen molar-refractivity contribution in [2.24, 2.45) is 5.92 Å². The number of aliphatic hydroxyl groups is 1. The van der Waals surface area contributed by atoms with E-state index >= 15 is 0 Å². The van der Waals surface area contributed by atoms with Gasteiger partial charge in [0.05, 0.1) is 7.39 Å². The Bertz CT molecular complexity index is 926. The van der Waals surface area contributed by atoms with Crippen molar-refractivity contribution in [2.45, 2.75) is 71.2 Å². The molecule has 5 nitrogen and oxygen atoms in total. The molecule has 0 saturated heterocycles. The second kappa shape index (κ2) is 10.9. The van der Waals surface area contributed by atoms with E-state index in [0.717, 1.165) is 5.56 Å². The molecule has 0 heterocycles. The first-order valence-electron chi connectivity index (χ1n) is 11.6. The molecule has 2 atom stereocenters. The molecule has 0 aliphatic heterocycles. The predicted molar refractivity (Wildman–Crippen MR) is 127 cm³/mol. The fourth-order valence-electron chi connectivity index (χ4n) is 3.50. The SMILES string of the molecule is [2H][C@](CC(C)C)(C(=O)C(O)(Cc1ccccc1)C(=O)OC(C)(C)C)N(C)Cc1ccccc1. The normalized spacial score (nSPS) is 16.2. The molecule has 5 heteroatoms. The number of carbonyl (C=O) groups excluding carboxylic acids is 2. The maximum Gasteiger partial charge on any atom is 0.346 e. The smallest absolute Gasteiger partial charge is 0.346 e. The van der Waals surface area contributed by atoms with Crippen LogP contribution < -0.4 is 0 Å². The Balaban J connectivity index is 2.51. The lowest BCUT2D eigenvalue weighted by Gasteiger charge is -2.36. The summed E-state index contributed by atoms with van der Waals surface area (Å²) in [5, 5.41) is 11.7. The van der Waals surface area contributed by atoms with E-state index in [1.54, 1.807) is 57.0 Å². The summed E-state index contributed by atoms with van der Waals surface area (Å²) in [6.45, 7) is 9.19. The van der Waals surface area contributed by atoms with Gasteiger partial charge in [-0.2, -0.15) is 0 Å². The van der Waals surface area contributed by atoms with Crippen molar-refractivity contribution >= 4 is 11.8 Å².